The fourth-order valence-electron chi connectivity index (χ4n) is 1.90. The molecule has 1 aliphatic rings. The van der Waals surface area contributed by atoms with Crippen molar-refractivity contribution in [2.45, 2.75) is 24.3 Å². The molecular weight excluding hydrogens is 304 g/mol. The first-order chi connectivity index (χ1) is 9.15. The van der Waals surface area contributed by atoms with Crippen LogP contribution in [0.5, 0.6) is 0 Å². The molecule has 1 aromatic rings. The predicted octanol–water partition coefficient (Wildman–Crippen LogP) is 0.766. The lowest BCUT2D eigenvalue weighted by atomic mass is 10.0. The van der Waals surface area contributed by atoms with Crippen LogP contribution >= 0.6 is 11.6 Å². The Morgan fingerprint density at radius 1 is 1.30 bits per heavy atom. The second-order valence-electron chi connectivity index (χ2n) is 4.91. The quantitative estimate of drug-likeness (QED) is 0.817. The zero-order valence-corrected chi connectivity index (χ0v) is 12.5. The first-order valence-electron chi connectivity index (χ1n) is 5.78. The SMILES string of the molecule is CC1(C)C(=O)NC(=O)CN1S(=O)(=O)c1cccc(Cl)c1. The number of nitrogens with one attached hydrogen (secondary N) is 1. The number of hydrogen-bond acceptors (Lipinski definition) is 4. The van der Waals surface area contributed by atoms with E-state index in [1.54, 1.807) is 6.07 Å². The zero-order chi connectivity index (χ0) is 15.1. The van der Waals surface area contributed by atoms with Gasteiger partial charge < -0.3 is 0 Å². The molecule has 2 amide bonds. The summed E-state index contributed by atoms with van der Waals surface area (Å²) in [6.07, 6.45) is 0. The number of carbonyl (C=O) groups is 2. The molecule has 2 rings (SSSR count). The number of hydrogen-bond donors (Lipinski definition) is 1. The van der Waals surface area contributed by atoms with E-state index in [-0.39, 0.29) is 9.92 Å². The highest BCUT2D eigenvalue weighted by atomic mass is 35.5. The average Bonchev–Trinajstić information content (AvgIpc) is 2.34. The molecule has 0 unspecified atom stereocenters. The van der Waals surface area contributed by atoms with Crippen LogP contribution in [-0.2, 0) is 19.6 Å². The summed E-state index contributed by atoms with van der Waals surface area (Å²) in [7, 11) is -3.99. The molecule has 8 heteroatoms. The first kappa shape index (κ1) is 15.0. The Morgan fingerprint density at radius 3 is 2.55 bits per heavy atom. The topological polar surface area (TPSA) is 83.6 Å². The lowest BCUT2D eigenvalue weighted by molar-refractivity contribution is -0.141. The molecule has 0 aliphatic carbocycles. The molecule has 0 atom stereocenters. The third kappa shape index (κ3) is 2.44. The van der Waals surface area contributed by atoms with Gasteiger partial charge >= 0.3 is 0 Å². The van der Waals surface area contributed by atoms with Gasteiger partial charge in [0.25, 0.3) is 0 Å². The monoisotopic (exact) mass is 316 g/mol. The van der Waals surface area contributed by atoms with Crippen LogP contribution in [0.3, 0.4) is 0 Å². The van der Waals surface area contributed by atoms with Crippen LogP contribution in [0, 0.1) is 0 Å². The molecule has 6 nitrogen and oxygen atoms in total. The van der Waals surface area contributed by atoms with Gasteiger partial charge in [0.15, 0.2) is 0 Å². The Kier molecular flexibility index (Phi) is 3.62. The third-order valence-electron chi connectivity index (χ3n) is 3.10. The summed E-state index contributed by atoms with van der Waals surface area (Å²) in [6.45, 7) is 2.47. The van der Waals surface area contributed by atoms with E-state index in [9.17, 15) is 18.0 Å². The maximum Gasteiger partial charge on any atom is 0.247 e. The number of benzene rings is 1. The van der Waals surface area contributed by atoms with E-state index in [2.05, 4.69) is 5.32 Å². The van der Waals surface area contributed by atoms with Gasteiger partial charge in [0.2, 0.25) is 21.8 Å². The first-order valence-corrected chi connectivity index (χ1v) is 7.60. The molecular formula is C12H13ClN2O4S. The van der Waals surface area contributed by atoms with E-state index in [1.807, 2.05) is 0 Å². The van der Waals surface area contributed by atoms with Crippen molar-refractivity contribution in [3.05, 3.63) is 29.3 Å². The van der Waals surface area contributed by atoms with E-state index in [0.29, 0.717) is 0 Å². The fraction of sp³-hybridized carbons (Fsp3) is 0.333. The molecule has 1 aromatic carbocycles. The molecule has 1 aliphatic heterocycles. The fourth-order valence-corrected chi connectivity index (χ4v) is 3.91. The molecule has 108 valence electrons. The second-order valence-corrected chi connectivity index (χ2v) is 7.20. The van der Waals surface area contributed by atoms with Gasteiger partial charge in [0.05, 0.1) is 11.4 Å². The molecule has 0 bridgehead atoms. The van der Waals surface area contributed by atoms with Crippen molar-refractivity contribution in [2.75, 3.05) is 6.54 Å². The van der Waals surface area contributed by atoms with Gasteiger partial charge in [0.1, 0.15) is 5.54 Å². The van der Waals surface area contributed by atoms with Crippen LogP contribution in [0.4, 0.5) is 0 Å². The van der Waals surface area contributed by atoms with E-state index < -0.39 is 33.9 Å². The number of sulfonamides is 1. The second kappa shape index (κ2) is 4.83. The average molecular weight is 317 g/mol. The molecule has 0 spiro atoms. The van der Waals surface area contributed by atoms with Gasteiger partial charge in [-0.1, -0.05) is 17.7 Å². The van der Waals surface area contributed by atoms with Gasteiger partial charge in [0, 0.05) is 5.02 Å². The number of carbonyl (C=O) groups excluding carboxylic acids is 2. The van der Waals surface area contributed by atoms with Crippen molar-refractivity contribution in [2.24, 2.45) is 0 Å². The van der Waals surface area contributed by atoms with Crippen molar-refractivity contribution in [1.82, 2.24) is 9.62 Å². The number of imide groups is 1. The smallest absolute Gasteiger partial charge is 0.247 e. The minimum Gasteiger partial charge on any atom is -0.294 e. The summed E-state index contributed by atoms with van der Waals surface area (Å²) in [5.74, 6) is -1.31. The maximum absolute atomic E-state index is 12.6. The molecule has 1 fully saturated rings. The molecule has 20 heavy (non-hydrogen) atoms. The van der Waals surface area contributed by atoms with Crippen molar-refractivity contribution < 1.29 is 18.0 Å². The predicted molar refractivity (Wildman–Crippen MR) is 72.6 cm³/mol. The molecule has 1 heterocycles. The Bertz CT molecular complexity index is 684. The van der Waals surface area contributed by atoms with Crippen molar-refractivity contribution in [3.8, 4) is 0 Å². The lowest BCUT2D eigenvalue weighted by Crippen LogP contribution is -2.65. The third-order valence-corrected chi connectivity index (χ3v) is 5.35. The summed E-state index contributed by atoms with van der Waals surface area (Å²) in [4.78, 5) is 23.2. The molecule has 0 radical (unpaired) electrons. The van der Waals surface area contributed by atoms with E-state index in [1.165, 1.54) is 32.0 Å². The Hall–Kier alpha value is -1.44. The van der Waals surface area contributed by atoms with Crippen molar-refractivity contribution in [3.63, 3.8) is 0 Å². The Balaban J connectivity index is 2.52. The minimum atomic E-state index is -3.99. The number of piperazine rings is 1. The van der Waals surface area contributed by atoms with Crippen LogP contribution in [-0.4, -0.2) is 36.6 Å². The van der Waals surface area contributed by atoms with Crippen LogP contribution in [0.25, 0.3) is 0 Å². The van der Waals surface area contributed by atoms with Crippen molar-refractivity contribution in [1.29, 1.82) is 0 Å². The van der Waals surface area contributed by atoms with Gasteiger partial charge in [-0.2, -0.15) is 4.31 Å². The summed E-state index contributed by atoms with van der Waals surface area (Å²) in [5, 5.41) is 2.39. The van der Waals surface area contributed by atoms with Crippen LogP contribution in [0.15, 0.2) is 29.2 Å². The summed E-state index contributed by atoms with van der Waals surface area (Å²) >= 11 is 5.79. The number of halogens is 1. The van der Waals surface area contributed by atoms with Gasteiger partial charge in [-0.3, -0.25) is 14.9 Å². The molecule has 1 N–H and O–H groups in total. The molecule has 0 aromatic heterocycles. The summed E-state index contributed by atoms with van der Waals surface area (Å²) in [6, 6.07) is 5.69. The Morgan fingerprint density at radius 2 is 1.95 bits per heavy atom. The van der Waals surface area contributed by atoms with E-state index in [4.69, 9.17) is 11.6 Å². The zero-order valence-electron chi connectivity index (χ0n) is 10.9. The number of amides is 2. The maximum atomic E-state index is 12.6. The normalized spacial score (nSPS) is 19.8. The molecule has 0 saturated carbocycles. The Labute approximate surface area is 121 Å². The van der Waals surface area contributed by atoms with Gasteiger partial charge in [-0.15, -0.1) is 0 Å². The highest BCUT2D eigenvalue weighted by molar-refractivity contribution is 7.89. The highest BCUT2D eigenvalue weighted by Gasteiger charge is 2.47. The highest BCUT2D eigenvalue weighted by Crippen LogP contribution is 2.28. The largest absolute Gasteiger partial charge is 0.294 e. The molecule has 1 saturated heterocycles. The van der Waals surface area contributed by atoms with Gasteiger partial charge in [-0.25, -0.2) is 8.42 Å². The van der Waals surface area contributed by atoms with Gasteiger partial charge in [-0.05, 0) is 32.0 Å². The van der Waals surface area contributed by atoms with Crippen LogP contribution < -0.4 is 5.32 Å². The van der Waals surface area contributed by atoms with E-state index >= 15 is 0 Å². The lowest BCUT2D eigenvalue weighted by Gasteiger charge is -2.38. The van der Waals surface area contributed by atoms with E-state index in [0.717, 1.165) is 4.31 Å². The van der Waals surface area contributed by atoms with Crippen LogP contribution in [0.2, 0.25) is 5.02 Å². The standard InChI is InChI=1S/C12H13ClN2O4S/c1-12(2)11(17)14-10(16)7-15(12)20(18,19)9-5-3-4-8(13)6-9/h3-6H,7H2,1-2H3,(H,14,16,17). The summed E-state index contributed by atoms with van der Waals surface area (Å²) in [5.41, 5.74) is -1.35. The van der Waals surface area contributed by atoms with Crippen LogP contribution in [0.1, 0.15) is 13.8 Å². The summed E-state index contributed by atoms with van der Waals surface area (Å²) < 4.78 is 26.0. The minimum absolute atomic E-state index is 0.0550. The number of rotatable bonds is 2. The van der Waals surface area contributed by atoms with Crippen molar-refractivity contribution >= 4 is 33.4 Å². The number of nitrogens with zero attached hydrogens (tertiary/aromatic N) is 1.